The van der Waals surface area contributed by atoms with Crippen LogP contribution in [0.25, 0.3) is 0 Å². The minimum atomic E-state index is -0.707. The van der Waals surface area contributed by atoms with E-state index in [-0.39, 0.29) is 16.8 Å². The summed E-state index contributed by atoms with van der Waals surface area (Å²) < 4.78 is 24.8. The van der Waals surface area contributed by atoms with Crippen LogP contribution in [0.15, 0.2) is 60.8 Å². The summed E-state index contributed by atoms with van der Waals surface area (Å²) in [5, 5.41) is 3.02. The molecule has 3 aromatic rings. The predicted molar refractivity (Wildman–Crippen MR) is 106 cm³/mol. The van der Waals surface area contributed by atoms with E-state index in [1.165, 1.54) is 6.20 Å². The average molecular weight is 401 g/mol. The number of benzene rings is 2. The highest BCUT2D eigenvalue weighted by Gasteiger charge is 2.16. The number of rotatable bonds is 6. The van der Waals surface area contributed by atoms with Crippen molar-refractivity contribution in [1.29, 1.82) is 0 Å². The molecule has 0 fully saturated rings. The van der Waals surface area contributed by atoms with Crippen molar-refractivity contribution in [2.75, 3.05) is 5.32 Å². The van der Waals surface area contributed by atoms with Crippen molar-refractivity contribution in [2.45, 2.75) is 20.0 Å². The minimum absolute atomic E-state index is 0.177. The Morgan fingerprint density at radius 2 is 1.82 bits per heavy atom. The maximum Gasteiger partial charge on any atom is 0.265 e. The first-order valence-corrected chi connectivity index (χ1v) is 8.92. The maximum absolute atomic E-state index is 13.7. The number of anilines is 1. The van der Waals surface area contributed by atoms with Gasteiger partial charge in [0.15, 0.2) is 11.9 Å². The van der Waals surface area contributed by atoms with E-state index in [9.17, 15) is 9.18 Å². The summed E-state index contributed by atoms with van der Waals surface area (Å²) in [6, 6.07) is 15.1. The fourth-order valence-corrected chi connectivity index (χ4v) is 2.52. The van der Waals surface area contributed by atoms with E-state index in [1.807, 2.05) is 31.2 Å². The molecule has 2 aromatic carbocycles. The van der Waals surface area contributed by atoms with Crippen LogP contribution in [0.5, 0.6) is 17.4 Å². The smallest absolute Gasteiger partial charge is 0.265 e. The molecule has 5 nitrogen and oxygen atoms in total. The van der Waals surface area contributed by atoms with Gasteiger partial charge in [0.1, 0.15) is 11.5 Å². The molecule has 1 N–H and O–H groups in total. The van der Waals surface area contributed by atoms with Crippen LogP contribution >= 0.6 is 11.6 Å². The van der Waals surface area contributed by atoms with Gasteiger partial charge in [0, 0.05) is 11.9 Å². The maximum atomic E-state index is 13.7. The average Bonchev–Trinajstić information content (AvgIpc) is 2.67. The summed E-state index contributed by atoms with van der Waals surface area (Å²) in [5.41, 5.74) is 1.71. The van der Waals surface area contributed by atoms with E-state index < -0.39 is 11.9 Å². The highest BCUT2D eigenvalue weighted by molar-refractivity contribution is 6.30. The number of carbonyl (C=O) groups is 1. The normalized spacial score (nSPS) is 11.6. The number of aromatic nitrogens is 1. The zero-order valence-electron chi connectivity index (χ0n) is 15.3. The Balaban J connectivity index is 1.60. The fourth-order valence-electron chi connectivity index (χ4n) is 2.38. The van der Waals surface area contributed by atoms with Gasteiger partial charge in [0.05, 0.1) is 5.02 Å². The first-order chi connectivity index (χ1) is 13.4. The molecule has 0 aliphatic heterocycles. The molecule has 0 radical (unpaired) electrons. The lowest BCUT2D eigenvalue weighted by molar-refractivity contribution is -0.122. The molecule has 3 rings (SSSR count). The molecule has 7 heteroatoms. The zero-order chi connectivity index (χ0) is 20.1. The number of pyridine rings is 1. The monoisotopic (exact) mass is 400 g/mol. The lowest BCUT2D eigenvalue weighted by Crippen LogP contribution is -2.30. The molecule has 1 unspecified atom stereocenters. The number of aryl methyl sites for hydroxylation is 1. The number of hydrogen-bond donors (Lipinski definition) is 1. The molecule has 1 atom stereocenters. The minimum Gasteiger partial charge on any atom is -0.481 e. The molecule has 0 bridgehead atoms. The van der Waals surface area contributed by atoms with Crippen molar-refractivity contribution in [1.82, 2.24) is 4.98 Å². The van der Waals surface area contributed by atoms with Gasteiger partial charge in [0.2, 0.25) is 0 Å². The molecule has 0 aliphatic carbocycles. The summed E-state index contributed by atoms with van der Waals surface area (Å²) in [6.45, 7) is 3.57. The quantitative estimate of drug-likeness (QED) is 0.603. The lowest BCUT2D eigenvalue weighted by atomic mass is 10.2. The van der Waals surface area contributed by atoms with Crippen LogP contribution in [-0.4, -0.2) is 17.0 Å². The standard InChI is InChI=1S/C21H18ClFN2O3/c1-13-5-3-4-6-19(13)25-20(26)14(2)27-16-7-9-17(10-8-16)28-21-18(23)11-15(22)12-24-21/h3-12,14H,1-2H3,(H,25,26). The Kier molecular flexibility index (Phi) is 6.11. The number of ether oxygens (including phenoxy) is 2. The second-order valence-electron chi connectivity index (χ2n) is 6.08. The number of nitrogens with zero attached hydrogens (tertiary/aromatic N) is 1. The summed E-state index contributed by atoms with van der Waals surface area (Å²) >= 11 is 5.67. The van der Waals surface area contributed by atoms with E-state index >= 15 is 0 Å². The van der Waals surface area contributed by atoms with Gasteiger partial charge in [0.25, 0.3) is 11.8 Å². The third-order valence-corrected chi connectivity index (χ3v) is 4.10. The predicted octanol–water partition coefficient (Wildman–Crippen LogP) is 5.38. The van der Waals surface area contributed by atoms with Gasteiger partial charge >= 0.3 is 0 Å². The summed E-state index contributed by atoms with van der Waals surface area (Å²) in [7, 11) is 0. The number of nitrogens with one attached hydrogen (secondary N) is 1. The molecular weight excluding hydrogens is 383 g/mol. The van der Waals surface area contributed by atoms with Crippen LogP contribution in [0.3, 0.4) is 0 Å². The molecule has 28 heavy (non-hydrogen) atoms. The van der Waals surface area contributed by atoms with Gasteiger partial charge in [-0.25, -0.2) is 9.37 Å². The molecular formula is C21H18ClFN2O3. The molecule has 0 saturated heterocycles. The van der Waals surface area contributed by atoms with E-state index in [4.69, 9.17) is 21.1 Å². The topological polar surface area (TPSA) is 60.5 Å². The summed E-state index contributed by atoms with van der Waals surface area (Å²) in [6.07, 6.45) is 0.591. The second-order valence-corrected chi connectivity index (χ2v) is 6.51. The first-order valence-electron chi connectivity index (χ1n) is 8.54. The Bertz CT molecular complexity index is 980. The van der Waals surface area contributed by atoms with Gasteiger partial charge < -0.3 is 14.8 Å². The van der Waals surface area contributed by atoms with Gasteiger partial charge in [-0.2, -0.15) is 0 Å². The molecule has 1 amide bonds. The van der Waals surface area contributed by atoms with Crippen molar-refractivity contribution < 1.29 is 18.7 Å². The van der Waals surface area contributed by atoms with E-state index in [1.54, 1.807) is 31.2 Å². The largest absolute Gasteiger partial charge is 0.481 e. The van der Waals surface area contributed by atoms with Crippen LogP contribution < -0.4 is 14.8 Å². The number of amides is 1. The van der Waals surface area contributed by atoms with Gasteiger partial charge in [-0.05, 0) is 55.8 Å². The summed E-state index contributed by atoms with van der Waals surface area (Å²) in [4.78, 5) is 16.1. The van der Waals surface area contributed by atoms with Gasteiger partial charge in [-0.15, -0.1) is 0 Å². The van der Waals surface area contributed by atoms with Crippen LogP contribution in [0, 0.1) is 12.7 Å². The molecule has 144 valence electrons. The van der Waals surface area contributed by atoms with Crippen LogP contribution in [-0.2, 0) is 4.79 Å². The summed E-state index contributed by atoms with van der Waals surface area (Å²) in [5.74, 6) is -0.247. The second kappa shape index (κ2) is 8.71. The van der Waals surface area contributed by atoms with Crippen molar-refractivity contribution in [3.05, 3.63) is 77.2 Å². The molecule has 0 saturated carbocycles. The van der Waals surface area contributed by atoms with Crippen molar-refractivity contribution in [3.8, 4) is 17.4 Å². The lowest BCUT2D eigenvalue weighted by Gasteiger charge is -2.16. The Hall–Kier alpha value is -3.12. The third kappa shape index (κ3) is 4.98. The number of para-hydroxylation sites is 1. The Morgan fingerprint density at radius 3 is 2.50 bits per heavy atom. The van der Waals surface area contributed by atoms with E-state index in [2.05, 4.69) is 10.3 Å². The van der Waals surface area contributed by atoms with Crippen LogP contribution in [0.4, 0.5) is 10.1 Å². The number of carbonyl (C=O) groups excluding carboxylic acids is 1. The number of hydrogen-bond acceptors (Lipinski definition) is 4. The fraction of sp³-hybridized carbons (Fsp3) is 0.143. The SMILES string of the molecule is Cc1ccccc1NC(=O)C(C)Oc1ccc(Oc2ncc(Cl)cc2F)cc1. The zero-order valence-corrected chi connectivity index (χ0v) is 16.0. The van der Waals surface area contributed by atoms with Gasteiger partial charge in [-0.3, -0.25) is 4.79 Å². The van der Waals surface area contributed by atoms with Crippen molar-refractivity contribution >= 4 is 23.2 Å². The Labute approximate surface area is 167 Å². The Morgan fingerprint density at radius 1 is 1.14 bits per heavy atom. The number of halogens is 2. The van der Waals surface area contributed by atoms with Crippen LogP contribution in [0.2, 0.25) is 5.02 Å². The van der Waals surface area contributed by atoms with Gasteiger partial charge in [-0.1, -0.05) is 29.8 Å². The molecule has 1 aromatic heterocycles. The third-order valence-electron chi connectivity index (χ3n) is 3.90. The van der Waals surface area contributed by atoms with Crippen LogP contribution in [0.1, 0.15) is 12.5 Å². The molecule has 0 aliphatic rings. The highest BCUT2D eigenvalue weighted by atomic mass is 35.5. The van der Waals surface area contributed by atoms with Crippen molar-refractivity contribution in [3.63, 3.8) is 0 Å². The first kappa shape index (κ1) is 19.6. The van der Waals surface area contributed by atoms with Crippen molar-refractivity contribution in [2.24, 2.45) is 0 Å². The highest BCUT2D eigenvalue weighted by Crippen LogP contribution is 2.26. The van der Waals surface area contributed by atoms with E-state index in [0.717, 1.165) is 17.3 Å². The van der Waals surface area contributed by atoms with E-state index in [0.29, 0.717) is 11.5 Å². The molecule has 1 heterocycles. The molecule has 0 spiro atoms.